The molecular formula is C15H10BrCl3N2O3. The van der Waals surface area contributed by atoms with Gasteiger partial charge in [0.15, 0.2) is 6.61 Å². The van der Waals surface area contributed by atoms with E-state index in [2.05, 4.69) is 26.8 Å². The lowest BCUT2D eigenvalue weighted by atomic mass is 10.2. The summed E-state index contributed by atoms with van der Waals surface area (Å²) >= 11 is 20.9. The van der Waals surface area contributed by atoms with Crippen LogP contribution in [-0.4, -0.2) is 18.4 Å². The quantitative estimate of drug-likeness (QED) is 0.682. The van der Waals surface area contributed by atoms with Gasteiger partial charge in [-0.2, -0.15) is 0 Å². The maximum atomic E-state index is 11.9. The van der Waals surface area contributed by atoms with Crippen LogP contribution in [0.25, 0.3) is 0 Å². The number of rotatable bonds is 4. The molecule has 5 nitrogen and oxygen atoms in total. The maximum absolute atomic E-state index is 11.9. The molecule has 2 rings (SSSR count). The van der Waals surface area contributed by atoms with Crippen LogP contribution in [0.2, 0.25) is 15.1 Å². The first-order chi connectivity index (χ1) is 11.3. The Balaban J connectivity index is 1.85. The number of benzene rings is 2. The first kappa shape index (κ1) is 18.9. The Morgan fingerprint density at radius 1 is 1.00 bits per heavy atom. The van der Waals surface area contributed by atoms with Crippen LogP contribution in [0.4, 0.5) is 0 Å². The van der Waals surface area contributed by atoms with E-state index in [4.69, 9.17) is 39.5 Å². The van der Waals surface area contributed by atoms with Crippen molar-refractivity contribution in [3.05, 3.63) is 61.5 Å². The van der Waals surface area contributed by atoms with Crippen LogP contribution in [-0.2, 0) is 4.79 Å². The molecule has 24 heavy (non-hydrogen) atoms. The number of hydrogen-bond acceptors (Lipinski definition) is 3. The van der Waals surface area contributed by atoms with Crippen LogP contribution < -0.4 is 15.6 Å². The van der Waals surface area contributed by atoms with Gasteiger partial charge in [0.2, 0.25) is 0 Å². The predicted molar refractivity (Wildman–Crippen MR) is 96.7 cm³/mol. The summed E-state index contributed by atoms with van der Waals surface area (Å²) in [6.45, 7) is -0.321. The smallest absolute Gasteiger partial charge is 0.276 e. The molecule has 0 unspecified atom stereocenters. The van der Waals surface area contributed by atoms with Crippen LogP contribution in [0.1, 0.15) is 10.4 Å². The third kappa shape index (κ3) is 5.56. The van der Waals surface area contributed by atoms with E-state index in [9.17, 15) is 9.59 Å². The second-order valence-corrected chi connectivity index (χ2v) is 6.72. The predicted octanol–water partition coefficient (Wildman–Crippen LogP) is 4.25. The van der Waals surface area contributed by atoms with Crippen LogP contribution in [0.15, 0.2) is 40.9 Å². The Morgan fingerprint density at radius 2 is 1.67 bits per heavy atom. The Bertz CT molecular complexity index is 766. The Kier molecular flexibility index (Phi) is 6.74. The lowest BCUT2D eigenvalue weighted by Crippen LogP contribution is -2.43. The zero-order valence-corrected chi connectivity index (χ0v) is 15.8. The van der Waals surface area contributed by atoms with Crippen molar-refractivity contribution in [3.8, 4) is 5.75 Å². The van der Waals surface area contributed by atoms with Gasteiger partial charge in [-0.15, -0.1) is 0 Å². The minimum atomic E-state index is -0.561. The van der Waals surface area contributed by atoms with Crippen molar-refractivity contribution in [2.75, 3.05) is 6.61 Å². The molecule has 2 aromatic rings. The first-order valence-electron chi connectivity index (χ1n) is 6.48. The van der Waals surface area contributed by atoms with Crippen molar-refractivity contribution < 1.29 is 14.3 Å². The van der Waals surface area contributed by atoms with Crippen LogP contribution >= 0.6 is 50.7 Å². The summed E-state index contributed by atoms with van der Waals surface area (Å²) in [7, 11) is 0. The van der Waals surface area contributed by atoms with Crippen molar-refractivity contribution in [2.24, 2.45) is 0 Å². The highest BCUT2D eigenvalue weighted by Gasteiger charge is 2.10. The van der Waals surface area contributed by atoms with Gasteiger partial charge in [-0.3, -0.25) is 20.4 Å². The average Bonchev–Trinajstić information content (AvgIpc) is 2.50. The SMILES string of the molecule is O=C(COc1ccc(Br)cc1Cl)NNC(=O)c1cc(Cl)cc(Cl)c1. The number of halogens is 4. The molecule has 0 fully saturated rings. The third-order valence-electron chi connectivity index (χ3n) is 2.69. The second-order valence-electron chi connectivity index (χ2n) is 4.52. The summed E-state index contributed by atoms with van der Waals surface area (Å²) in [4.78, 5) is 23.6. The fourth-order valence-corrected chi connectivity index (χ4v) is 2.91. The third-order valence-corrected chi connectivity index (χ3v) is 3.92. The lowest BCUT2D eigenvalue weighted by molar-refractivity contribution is -0.123. The fraction of sp³-hybridized carbons (Fsp3) is 0.0667. The molecule has 0 radical (unpaired) electrons. The summed E-state index contributed by atoms with van der Waals surface area (Å²) in [6, 6.07) is 9.32. The van der Waals surface area contributed by atoms with E-state index in [0.29, 0.717) is 20.8 Å². The molecule has 0 aliphatic rings. The second kappa shape index (κ2) is 8.58. The highest BCUT2D eigenvalue weighted by Crippen LogP contribution is 2.27. The normalized spacial score (nSPS) is 10.2. The van der Waals surface area contributed by atoms with E-state index in [1.54, 1.807) is 18.2 Å². The summed E-state index contributed by atoms with van der Waals surface area (Å²) in [5.74, 6) is -0.771. The molecule has 0 aliphatic heterocycles. The van der Waals surface area contributed by atoms with Crippen molar-refractivity contribution >= 4 is 62.5 Å². The average molecular weight is 453 g/mol. The molecular weight excluding hydrogens is 442 g/mol. The largest absolute Gasteiger partial charge is 0.482 e. The summed E-state index contributed by atoms with van der Waals surface area (Å²) in [5.41, 5.74) is 4.67. The van der Waals surface area contributed by atoms with Crippen molar-refractivity contribution in [1.82, 2.24) is 10.9 Å². The molecule has 9 heteroatoms. The van der Waals surface area contributed by atoms with Crippen molar-refractivity contribution in [2.45, 2.75) is 0 Å². The van der Waals surface area contributed by atoms with Gasteiger partial charge in [-0.05, 0) is 36.4 Å². The minimum absolute atomic E-state index is 0.213. The topological polar surface area (TPSA) is 67.4 Å². The number of carbonyl (C=O) groups is 2. The van der Waals surface area contributed by atoms with Gasteiger partial charge in [0.25, 0.3) is 11.8 Å². The molecule has 126 valence electrons. The van der Waals surface area contributed by atoms with Gasteiger partial charge >= 0.3 is 0 Å². The van der Waals surface area contributed by atoms with Crippen LogP contribution in [0, 0.1) is 0 Å². The van der Waals surface area contributed by atoms with E-state index in [0.717, 1.165) is 4.47 Å². The molecule has 0 aliphatic carbocycles. The number of hydrazine groups is 1. The number of carbonyl (C=O) groups excluding carboxylic acids is 2. The summed E-state index contributed by atoms with van der Waals surface area (Å²) in [6.07, 6.45) is 0. The van der Waals surface area contributed by atoms with Gasteiger partial charge < -0.3 is 4.74 Å². The van der Waals surface area contributed by atoms with Gasteiger partial charge in [-0.25, -0.2) is 0 Å². The Morgan fingerprint density at radius 3 is 2.29 bits per heavy atom. The highest BCUT2D eigenvalue weighted by molar-refractivity contribution is 9.10. The Hall–Kier alpha value is -1.47. The van der Waals surface area contributed by atoms with Crippen LogP contribution in [0.5, 0.6) is 5.75 Å². The van der Waals surface area contributed by atoms with E-state index in [-0.39, 0.29) is 12.2 Å². The molecule has 0 saturated heterocycles. The van der Waals surface area contributed by atoms with E-state index < -0.39 is 11.8 Å². The molecule has 2 aromatic carbocycles. The molecule has 0 saturated carbocycles. The molecule has 2 amide bonds. The number of amides is 2. The van der Waals surface area contributed by atoms with Crippen molar-refractivity contribution in [3.63, 3.8) is 0 Å². The van der Waals surface area contributed by atoms with Gasteiger partial charge in [0.1, 0.15) is 5.75 Å². The zero-order chi connectivity index (χ0) is 17.7. The van der Waals surface area contributed by atoms with Crippen LogP contribution in [0.3, 0.4) is 0 Å². The van der Waals surface area contributed by atoms with Gasteiger partial charge in [0, 0.05) is 20.1 Å². The van der Waals surface area contributed by atoms with Gasteiger partial charge in [0.05, 0.1) is 5.02 Å². The molecule has 0 heterocycles. The Labute approximate surface area is 161 Å². The monoisotopic (exact) mass is 450 g/mol. The fourth-order valence-electron chi connectivity index (χ4n) is 1.66. The minimum Gasteiger partial charge on any atom is -0.482 e. The van der Waals surface area contributed by atoms with Crippen molar-refractivity contribution in [1.29, 1.82) is 0 Å². The number of nitrogens with one attached hydrogen (secondary N) is 2. The lowest BCUT2D eigenvalue weighted by Gasteiger charge is -2.10. The number of hydrogen-bond donors (Lipinski definition) is 2. The van der Waals surface area contributed by atoms with Gasteiger partial charge in [-0.1, -0.05) is 50.7 Å². The maximum Gasteiger partial charge on any atom is 0.276 e. The van der Waals surface area contributed by atoms with E-state index >= 15 is 0 Å². The van der Waals surface area contributed by atoms with E-state index in [1.807, 2.05) is 0 Å². The number of ether oxygens (including phenoxy) is 1. The van der Waals surface area contributed by atoms with E-state index in [1.165, 1.54) is 18.2 Å². The molecule has 0 atom stereocenters. The standard InChI is InChI=1S/C15H10BrCl3N2O3/c16-9-1-2-13(12(19)5-9)24-7-14(22)20-21-15(23)8-3-10(17)6-11(18)4-8/h1-6H,7H2,(H,20,22)(H,21,23). The molecule has 0 aromatic heterocycles. The molecule has 0 bridgehead atoms. The summed E-state index contributed by atoms with van der Waals surface area (Å²) < 4.78 is 6.06. The first-order valence-corrected chi connectivity index (χ1v) is 8.41. The zero-order valence-electron chi connectivity index (χ0n) is 11.9. The highest BCUT2D eigenvalue weighted by atomic mass is 79.9. The molecule has 2 N–H and O–H groups in total. The molecule has 0 spiro atoms. The summed E-state index contributed by atoms with van der Waals surface area (Å²) in [5, 5.41) is 0.981.